The van der Waals surface area contributed by atoms with Gasteiger partial charge in [-0.1, -0.05) is 23.9 Å². The Hall–Kier alpha value is -1.69. The van der Waals surface area contributed by atoms with E-state index < -0.39 is 0 Å². The monoisotopic (exact) mass is 291 g/mol. The summed E-state index contributed by atoms with van der Waals surface area (Å²) in [6.07, 6.45) is 0.765. The van der Waals surface area contributed by atoms with Crippen molar-refractivity contribution in [3.05, 3.63) is 24.3 Å². The molecule has 0 spiro atoms. The number of aromatic nitrogens is 2. The number of benzene rings is 1. The first-order valence-corrected chi connectivity index (χ1v) is 7.70. The lowest BCUT2D eigenvalue weighted by Gasteiger charge is -2.11. The summed E-state index contributed by atoms with van der Waals surface area (Å²) in [6, 6.07) is 8.13. The van der Waals surface area contributed by atoms with Crippen LogP contribution in [0.1, 0.15) is 6.42 Å². The van der Waals surface area contributed by atoms with E-state index in [4.69, 9.17) is 4.74 Å². The number of rotatable bonds is 5. The molecule has 106 valence electrons. The van der Waals surface area contributed by atoms with Crippen molar-refractivity contribution < 1.29 is 9.53 Å². The van der Waals surface area contributed by atoms with E-state index in [0.717, 1.165) is 41.5 Å². The molecular formula is C14H17N3O2S. The Morgan fingerprint density at radius 2 is 2.25 bits per heavy atom. The van der Waals surface area contributed by atoms with Crippen molar-refractivity contribution in [3.63, 3.8) is 0 Å². The molecule has 1 aromatic carbocycles. The largest absolute Gasteiger partial charge is 0.448 e. The van der Waals surface area contributed by atoms with E-state index in [-0.39, 0.29) is 6.09 Å². The molecule has 1 fully saturated rings. The summed E-state index contributed by atoms with van der Waals surface area (Å²) >= 11 is 1.73. The molecule has 1 amide bonds. The molecule has 0 bridgehead atoms. The molecule has 0 atom stereocenters. The molecule has 5 nitrogen and oxygen atoms in total. The number of hydrogen-bond acceptors (Lipinski definition) is 4. The number of imidazole rings is 1. The van der Waals surface area contributed by atoms with Gasteiger partial charge >= 0.3 is 6.09 Å². The van der Waals surface area contributed by atoms with E-state index >= 15 is 0 Å². The third-order valence-corrected chi connectivity index (χ3v) is 4.51. The molecule has 0 unspecified atom stereocenters. The lowest BCUT2D eigenvalue weighted by atomic mass is 10.3. The van der Waals surface area contributed by atoms with Crippen LogP contribution in [0.3, 0.4) is 0 Å². The van der Waals surface area contributed by atoms with E-state index in [0.29, 0.717) is 6.61 Å². The fourth-order valence-corrected chi connectivity index (χ4v) is 3.21. The highest BCUT2D eigenvalue weighted by atomic mass is 32.2. The van der Waals surface area contributed by atoms with Gasteiger partial charge < -0.3 is 14.2 Å². The molecule has 1 aliphatic heterocycles. The van der Waals surface area contributed by atoms with E-state index in [2.05, 4.69) is 15.6 Å². The van der Waals surface area contributed by atoms with Crippen LogP contribution < -0.4 is 0 Å². The van der Waals surface area contributed by atoms with Gasteiger partial charge in [0.1, 0.15) is 6.61 Å². The number of ether oxygens (including phenoxy) is 1. The van der Waals surface area contributed by atoms with Crippen molar-refractivity contribution in [1.82, 2.24) is 14.5 Å². The molecule has 1 aromatic heterocycles. The minimum absolute atomic E-state index is 0.183. The zero-order valence-electron chi connectivity index (χ0n) is 11.4. The smallest absolute Gasteiger partial charge is 0.409 e. The lowest BCUT2D eigenvalue weighted by Crippen LogP contribution is -2.25. The maximum atomic E-state index is 11.3. The molecule has 2 heterocycles. The van der Waals surface area contributed by atoms with Gasteiger partial charge in [-0.2, -0.15) is 0 Å². The highest BCUT2D eigenvalue weighted by Crippen LogP contribution is 2.23. The Morgan fingerprint density at radius 3 is 3.00 bits per heavy atom. The van der Waals surface area contributed by atoms with Gasteiger partial charge in [-0.3, -0.25) is 0 Å². The number of nitrogens with zero attached hydrogens (tertiary/aromatic N) is 3. The topological polar surface area (TPSA) is 47.4 Å². The van der Waals surface area contributed by atoms with Crippen molar-refractivity contribution in [2.45, 2.75) is 11.6 Å². The zero-order chi connectivity index (χ0) is 13.9. The molecular weight excluding hydrogens is 274 g/mol. The first-order valence-electron chi connectivity index (χ1n) is 6.71. The predicted octanol–water partition coefficient (Wildman–Crippen LogP) is 2.51. The van der Waals surface area contributed by atoms with E-state index in [1.807, 2.05) is 25.2 Å². The fourth-order valence-electron chi connectivity index (χ4n) is 2.30. The quantitative estimate of drug-likeness (QED) is 0.627. The average molecular weight is 291 g/mol. The predicted molar refractivity (Wildman–Crippen MR) is 79.0 cm³/mol. The van der Waals surface area contributed by atoms with Crippen LogP contribution in [0.2, 0.25) is 0 Å². The number of hydrogen-bond donors (Lipinski definition) is 0. The average Bonchev–Trinajstić information content (AvgIpc) is 3.00. The van der Waals surface area contributed by atoms with Crippen molar-refractivity contribution in [1.29, 1.82) is 0 Å². The van der Waals surface area contributed by atoms with Gasteiger partial charge in [0.2, 0.25) is 0 Å². The lowest BCUT2D eigenvalue weighted by molar-refractivity contribution is 0.158. The van der Waals surface area contributed by atoms with Crippen LogP contribution in [-0.2, 0) is 11.8 Å². The number of carbonyl (C=O) groups excluding carboxylic acids is 1. The maximum absolute atomic E-state index is 11.3. The van der Waals surface area contributed by atoms with Crippen LogP contribution in [-0.4, -0.2) is 46.0 Å². The second-order valence-electron chi connectivity index (χ2n) is 4.75. The molecule has 2 aromatic rings. The normalized spacial score (nSPS) is 15.1. The Bertz CT molecular complexity index is 626. The van der Waals surface area contributed by atoms with Gasteiger partial charge in [0.05, 0.1) is 17.6 Å². The Morgan fingerprint density at radius 1 is 1.40 bits per heavy atom. The molecule has 0 saturated carbocycles. The van der Waals surface area contributed by atoms with Gasteiger partial charge in [0, 0.05) is 19.3 Å². The summed E-state index contributed by atoms with van der Waals surface area (Å²) < 4.78 is 7.02. The first-order chi connectivity index (χ1) is 9.75. The number of cyclic esters (lactones) is 1. The highest BCUT2D eigenvalue weighted by molar-refractivity contribution is 7.99. The Balaban J connectivity index is 1.55. The number of amides is 1. The van der Waals surface area contributed by atoms with Gasteiger partial charge in [-0.05, 0) is 18.6 Å². The van der Waals surface area contributed by atoms with Crippen LogP contribution in [0, 0.1) is 0 Å². The van der Waals surface area contributed by atoms with E-state index in [1.54, 1.807) is 16.7 Å². The third kappa shape index (κ3) is 2.60. The molecule has 0 N–H and O–H groups in total. The summed E-state index contributed by atoms with van der Waals surface area (Å²) in [5.41, 5.74) is 2.18. The van der Waals surface area contributed by atoms with Gasteiger partial charge in [-0.15, -0.1) is 0 Å². The van der Waals surface area contributed by atoms with E-state index in [1.165, 1.54) is 0 Å². The number of aryl methyl sites for hydroxylation is 1. The van der Waals surface area contributed by atoms with Crippen molar-refractivity contribution in [2.24, 2.45) is 7.05 Å². The van der Waals surface area contributed by atoms with Crippen molar-refractivity contribution >= 4 is 28.9 Å². The minimum atomic E-state index is -0.183. The van der Waals surface area contributed by atoms with Crippen LogP contribution in [0.5, 0.6) is 0 Å². The summed E-state index contributed by atoms with van der Waals surface area (Å²) in [5.74, 6) is 0.945. The van der Waals surface area contributed by atoms with Crippen LogP contribution in [0.4, 0.5) is 4.79 Å². The van der Waals surface area contributed by atoms with Gasteiger partial charge in [0.15, 0.2) is 5.16 Å². The Kier molecular flexibility index (Phi) is 3.82. The molecule has 0 aliphatic carbocycles. The summed E-state index contributed by atoms with van der Waals surface area (Å²) in [7, 11) is 2.04. The second kappa shape index (κ2) is 5.75. The highest BCUT2D eigenvalue weighted by Gasteiger charge is 2.20. The summed E-state index contributed by atoms with van der Waals surface area (Å²) in [5, 5.41) is 1.02. The number of thioether (sulfide) groups is 1. The molecule has 20 heavy (non-hydrogen) atoms. The van der Waals surface area contributed by atoms with Crippen molar-refractivity contribution in [3.8, 4) is 0 Å². The number of fused-ring (bicyclic) bond motifs is 1. The molecule has 1 aliphatic rings. The van der Waals surface area contributed by atoms with Crippen molar-refractivity contribution in [2.75, 3.05) is 25.4 Å². The van der Waals surface area contributed by atoms with Crippen LogP contribution >= 0.6 is 11.8 Å². The SMILES string of the molecule is Cn1c(SCCCN2CCOC2=O)nc2ccccc21. The number of para-hydroxylation sites is 2. The first kappa shape index (κ1) is 13.3. The molecule has 6 heteroatoms. The summed E-state index contributed by atoms with van der Waals surface area (Å²) in [4.78, 5) is 17.7. The fraction of sp³-hybridized carbons (Fsp3) is 0.429. The van der Waals surface area contributed by atoms with E-state index in [9.17, 15) is 4.79 Å². The molecule has 0 radical (unpaired) electrons. The molecule has 1 saturated heterocycles. The standard InChI is InChI=1S/C14H17N3O2S/c1-16-12-6-3-2-5-11(12)15-13(16)20-10-4-7-17-8-9-19-14(17)18/h2-3,5-6H,4,7-10H2,1H3. The maximum Gasteiger partial charge on any atom is 0.409 e. The van der Waals surface area contributed by atoms with Gasteiger partial charge in [0.25, 0.3) is 0 Å². The second-order valence-corrected chi connectivity index (χ2v) is 5.81. The zero-order valence-corrected chi connectivity index (χ0v) is 12.2. The minimum Gasteiger partial charge on any atom is -0.448 e. The molecule has 3 rings (SSSR count). The summed E-state index contributed by atoms with van der Waals surface area (Å²) in [6.45, 7) is 2.00. The number of carbonyl (C=O) groups is 1. The van der Waals surface area contributed by atoms with Crippen LogP contribution in [0.25, 0.3) is 11.0 Å². The van der Waals surface area contributed by atoms with Gasteiger partial charge in [-0.25, -0.2) is 9.78 Å². The van der Waals surface area contributed by atoms with Crippen LogP contribution in [0.15, 0.2) is 29.4 Å². The third-order valence-electron chi connectivity index (χ3n) is 3.39. The Labute approximate surface area is 121 Å².